The van der Waals surface area contributed by atoms with Crippen LogP contribution in [0.3, 0.4) is 0 Å². The van der Waals surface area contributed by atoms with E-state index in [2.05, 4.69) is 114 Å². The Morgan fingerprint density at radius 3 is 1.80 bits per heavy atom. The van der Waals surface area contributed by atoms with E-state index in [4.69, 9.17) is 4.98 Å². The van der Waals surface area contributed by atoms with E-state index in [9.17, 15) is 4.79 Å². The van der Waals surface area contributed by atoms with Gasteiger partial charge in [-0.05, 0) is 41.2 Å². The van der Waals surface area contributed by atoms with Gasteiger partial charge in [0.05, 0.1) is 12.0 Å². The maximum atomic E-state index is 12.9. The van der Waals surface area contributed by atoms with Crippen molar-refractivity contribution < 1.29 is 4.79 Å². The van der Waals surface area contributed by atoms with E-state index >= 15 is 0 Å². The summed E-state index contributed by atoms with van der Waals surface area (Å²) in [6, 6.07) is 40.1. The number of hydrogen-bond acceptors (Lipinski definition) is 2. The second-order valence-corrected chi connectivity index (χ2v) is 10.6. The molecule has 1 saturated carbocycles. The second-order valence-electron chi connectivity index (χ2n) is 10.6. The van der Waals surface area contributed by atoms with Crippen LogP contribution in [0.4, 0.5) is 0 Å². The molecule has 0 saturated heterocycles. The fraction of sp³-hybridized carbons (Fsp3) is 0.189. The van der Waals surface area contributed by atoms with Crippen LogP contribution in [0.25, 0.3) is 17.3 Å². The lowest BCUT2D eigenvalue weighted by molar-refractivity contribution is -0.119. The third kappa shape index (κ3) is 4.96. The molecule has 1 aromatic heterocycles. The largest absolute Gasteiger partial charge is 0.318 e. The van der Waals surface area contributed by atoms with Gasteiger partial charge in [-0.2, -0.15) is 0 Å². The first-order chi connectivity index (χ1) is 19.8. The summed E-state index contributed by atoms with van der Waals surface area (Å²) in [5.74, 6) is 0.413. The van der Waals surface area contributed by atoms with E-state index in [0.29, 0.717) is 0 Å². The summed E-state index contributed by atoms with van der Waals surface area (Å²) >= 11 is 0. The number of imidazole rings is 1. The molecule has 3 nitrogen and oxygen atoms in total. The average Bonchev–Trinajstić information content (AvgIpc) is 3.53. The maximum Gasteiger partial charge on any atom is 0.158 e. The number of carbonyl (C=O) groups is 1. The van der Waals surface area contributed by atoms with Gasteiger partial charge in [0.25, 0.3) is 0 Å². The maximum absolute atomic E-state index is 12.9. The van der Waals surface area contributed by atoms with Crippen molar-refractivity contribution in [3.63, 3.8) is 0 Å². The highest BCUT2D eigenvalue weighted by atomic mass is 16.1. The molecule has 3 heteroatoms. The summed E-state index contributed by atoms with van der Waals surface area (Å²) in [6.45, 7) is 0. The zero-order valence-corrected chi connectivity index (χ0v) is 22.7. The van der Waals surface area contributed by atoms with Crippen LogP contribution in [0, 0.1) is 5.92 Å². The molecular formula is C37H34N2O. The molecule has 1 aliphatic carbocycles. The lowest BCUT2D eigenvalue weighted by Crippen LogP contribution is -2.36. The molecule has 0 amide bonds. The van der Waals surface area contributed by atoms with Crippen LogP contribution in [-0.2, 0) is 10.3 Å². The van der Waals surface area contributed by atoms with E-state index in [1.54, 1.807) is 6.08 Å². The summed E-state index contributed by atoms with van der Waals surface area (Å²) in [7, 11) is 0. The van der Waals surface area contributed by atoms with E-state index in [-0.39, 0.29) is 11.7 Å². The fourth-order valence-electron chi connectivity index (χ4n) is 6.20. The van der Waals surface area contributed by atoms with Crippen LogP contribution >= 0.6 is 0 Å². The minimum Gasteiger partial charge on any atom is -0.318 e. The van der Waals surface area contributed by atoms with Crippen molar-refractivity contribution in [2.24, 2.45) is 5.92 Å². The molecule has 1 aliphatic rings. The Hall–Kier alpha value is -4.50. The van der Waals surface area contributed by atoms with Crippen LogP contribution in [0.5, 0.6) is 0 Å². The number of ketones is 1. The number of aromatic nitrogens is 2. The van der Waals surface area contributed by atoms with Gasteiger partial charge in [-0.1, -0.05) is 141 Å². The molecule has 40 heavy (non-hydrogen) atoms. The lowest BCUT2D eigenvalue weighted by atomic mass is 9.77. The van der Waals surface area contributed by atoms with Crippen molar-refractivity contribution in [3.05, 3.63) is 156 Å². The SMILES string of the molecule is O=C(/C=C/c1ccccc1-c1cn(C(c2ccccc2)(c2ccccc2)c2ccccc2)cn1)C1CCCCC1. The molecule has 0 spiro atoms. The number of benzene rings is 4. The summed E-state index contributed by atoms with van der Waals surface area (Å²) in [5.41, 5.74) is 5.74. The third-order valence-corrected chi connectivity index (χ3v) is 8.22. The summed E-state index contributed by atoms with van der Waals surface area (Å²) in [6.07, 6.45) is 13.4. The van der Waals surface area contributed by atoms with Crippen LogP contribution < -0.4 is 0 Å². The lowest BCUT2D eigenvalue weighted by Gasteiger charge is -2.37. The van der Waals surface area contributed by atoms with Gasteiger partial charge in [-0.3, -0.25) is 4.79 Å². The Morgan fingerprint density at radius 1 is 0.700 bits per heavy atom. The van der Waals surface area contributed by atoms with E-state index < -0.39 is 5.54 Å². The number of hydrogen-bond donors (Lipinski definition) is 0. The molecule has 0 atom stereocenters. The number of carbonyl (C=O) groups excluding carboxylic acids is 1. The van der Waals surface area contributed by atoms with Crippen LogP contribution in [0.15, 0.2) is 134 Å². The number of allylic oxidation sites excluding steroid dienone is 1. The van der Waals surface area contributed by atoms with Crippen molar-refractivity contribution in [1.82, 2.24) is 9.55 Å². The van der Waals surface area contributed by atoms with Crippen molar-refractivity contribution in [1.29, 1.82) is 0 Å². The zero-order valence-electron chi connectivity index (χ0n) is 22.7. The number of rotatable bonds is 8. The quantitative estimate of drug-likeness (QED) is 0.151. The van der Waals surface area contributed by atoms with Crippen molar-refractivity contribution in [3.8, 4) is 11.3 Å². The molecule has 0 N–H and O–H groups in total. The topological polar surface area (TPSA) is 34.9 Å². The first-order valence-corrected chi connectivity index (χ1v) is 14.3. The smallest absolute Gasteiger partial charge is 0.158 e. The first-order valence-electron chi connectivity index (χ1n) is 14.3. The molecule has 6 rings (SSSR count). The average molecular weight is 523 g/mol. The Labute approximate surface area is 236 Å². The highest BCUT2D eigenvalue weighted by Crippen LogP contribution is 2.41. The van der Waals surface area contributed by atoms with Gasteiger partial charge in [-0.15, -0.1) is 0 Å². The predicted octanol–water partition coefficient (Wildman–Crippen LogP) is 8.55. The molecule has 0 unspecified atom stereocenters. The summed E-state index contributed by atoms with van der Waals surface area (Å²) < 4.78 is 2.23. The normalized spacial score (nSPS) is 14.4. The molecule has 4 aromatic carbocycles. The molecule has 1 fully saturated rings. The summed E-state index contributed by atoms with van der Waals surface area (Å²) in [5, 5.41) is 0. The standard InChI is InChI=1S/C37H34N2O/c40-36(30-16-5-1-6-17-30)26-25-29-15-13-14-24-34(29)35-27-39(28-38-35)37(31-18-7-2-8-19-31,32-20-9-3-10-21-32)33-22-11-4-12-23-33/h2-4,7-15,18-28,30H,1,5-6,16-17H2/b26-25+. The van der Waals surface area contributed by atoms with E-state index in [0.717, 1.165) is 59.2 Å². The second kappa shape index (κ2) is 11.7. The highest BCUT2D eigenvalue weighted by Gasteiger charge is 2.38. The van der Waals surface area contributed by atoms with Crippen LogP contribution in [0.1, 0.15) is 54.4 Å². The minimum atomic E-state index is -0.614. The molecule has 0 radical (unpaired) electrons. The zero-order chi connectivity index (χ0) is 27.2. The molecular weight excluding hydrogens is 488 g/mol. The van der Waals surface area contributed by atoms with Crippen LogP contribution in [-0.4, -0.2) is 15.3 Å². The predicted molar refractivity (Wildman–Crippen MR) is 163 cm³/mol. The van der Waals surface area contributed by atoms with Gasteiger partial charge in [0.2, 0.25) is 0 Å². The fourth-order valence-corrected chi connectivity index (χ4v) is 6.20. The summed E-state index contributed by atoms with van der Waals surface area (Å²) in [4.78, 5) is 17.9. The van der Waals surface area contributed by atoms with Crippen molar-refractivity contribution in [2.45, 2.75) is 37.6 Å². The Balaban J connectivity index is 1.46. The van der Waals surface area contributed by atoms with Crippen molar-refractivity contribution >= 4 is 11.9 Å². The molecule has 198 valence electrons. The Kier molecular flexibility index (Phi) is 7.54. The van der Waals surface area contributed by atoms with Gasteiger partial charge in [0.15, 0.2) is 5.78 Å². The molecule has 5 aromatic rings. The van der Waals surface area contributed by atoms with Crippen LogP contribution in [0.2, 0.25) is 0 Å². The van der Waals surface area contributed by atoms with Gasteiger partial charge < -0.3 is 4.57 Å². The Bertz CT molecular complexity index is 1480. The first kappa shape index (κ1) is 25.8. The van der Waals surface area contributed by atoms with E-state index in [1.165, 1.54) is 6.42 Å². The highest BCUT2D eigenvalue weighted by molar-refractivity contribution is 5.96. The third-order valence-electron chi connectivity index (χ3n) is 8.22. The monoisotopic (exact) mass is 522 g/mol. The number of nitrogens with zero attached hydrogens (tertiary/aromatic N) is 2. The Morgan fingerprint density at radius 2 is 1.23 bits per heavy atom. The van der Waals surface area contributed by atoms with Gasteiger partial charge in [0.1, 0.15) is 5.54 Å². The minimum absolute atomic E-state index is 0.166. The molecule has 1 heterocycles. The van der Waals surface area contributed by atoms with E-state index in [1.807, 2.05) is 24.5 Å². The molecule has 0 bridgehead atoms. The van der Waals surface area contributed by atoms with Gasteiger partial charge in [0, 0.05) is 17.7 Å². The van der Waals surface area contributed by atoms with Gasteiger partial charge >= 0.3 is 0 Å². The van der Waals surface area contributed by atoms with Crippen molar-refractivity contribution in [2.75, 3.05) is 0 Å². The molecule has 0 aliphatic heterocycles. The van der Waals surface area contributed by atoms with Gasteiger partial charge in [-0.25, -0.2) is 4.98 Å².